The van der Waals surface area contributed by atoms with E-state index in [2.05, 4.69) is 18.2 Å². The fourth-order valence-electron chi connectivity index (χ4n) is 5.44. The first kappa shape index (κ1) is 25.5. The van der Waals surface area contributed by atoms with E-state index in [9.17, 15) is 14.0 Å². The highest BCUT2D eigenvalue weighted by Gasteiger charge is 2.39. The Bertz CT molecular complexity index is 1490. The van der Waals surface area contributed by atoms with Crippen molar-refractivity contribution in [3.05, 3.63) is 95.2 Å². The van der Waals surface area contributed by atoms with Gasteiger partial charge in [0.1, 0.15) is 12.2 Å². The molecule has 7 nitrogen and oxygen atoms in total. The molecule has 1 aliphatic heterocycles. The van der Waals surface area contributed by atoms with Crippen molar-refractivity contribution in [1.82, 2.24) is 9.58 Å². The highest BCUT2D eigenvalue weighted by Crippen LogP contribution is 2.37. The quantitative estimate of drug-likeness (QED) is 0.327. The van der Waals surface area contributed by atoms with E-state index in [0.717, 1.165) is 38.7 Å². The molecule has 0 saturated carbocycles. The number of nitrogens with zero attached hydrogens (tertiary/aromatic N) is 2. The predicted octanol–water partition coefficient (Wildman–Crippen LogP) is 3.60. The highest BCUT2D eigenvalue weighted by atomic mass is 19.1. The molecule has 38 heavy (non-hydrogen) atoms. The molecule has 0 bridgehead atoms. The van der Waals surface area contributed by atoms with Crippen LogP contribution in [-0.4, -0.2) is 40.1 Å². The second-order valence-corrected chi connectivity index (χ2v) is 10.0. The number of benzene rings is 3. The number of fused-ring (bicyclic) bond motifs is 1. The van der Waals surface area contributed by atoms with E-state index in [-0.39, 0.29) is 31.3 Å². The summed E-state index contributed by atoms with van der Waals surface area (Å²) in [6, 6.07) is 23.0. The summed E-state index contributed by atoms with van der Waals surface area (Å²) in [5, 5.41) is 0.911. The lowest BCUT2D eigenvalue weighted by molar-refractivity contribution is -0.136. The molecule has 0 aliphatic carbocycles. The van der Waals surface area contributed by atoms with E-state index in [0.29, 0.717) is 12.1 Å². The molecule has 2 heterocycles. The molecular weight excluding hydrogens is 481 g/mol. The smallest absolute Gasteiger partial charge is 0.240 e. The van der Waals surface area contributed by atoms with Gasteiger partial charge in [-0.2, -0.15) is 0 Å². The second kappa shape index (κ2) is 10.3. The van der Waals surface area contributed by atoms with Crippen LogP contribution in [0.5, 0.6) is 0 Å². The zero-order chi connectivity index (χ0) is 27.0. The number of rotatable bonds is 7. The SMILES string of the molecule is CC(N)c1ccc(Cc2ccccc2-c2c(CC(=O)N3C[C@H](F)C[C@H]3C(N)=O)n(N)c3ccccc23)cc1. The van der Waals surface area contributed by atoms with Crippen LogP contribution in [0.15, 0.2) is 72.8 Å². The third kappa shape index (κ3) is 4.75. The van der Waals surface area contributed by atoms with Gasteiger partial charge in [0.2, 0.25) is 11.8 Å². The van der Waals surface area contributed by atoms with E-state index in [1.807, 2.05) is 61.5 Å². The molecule has 196 valence electrons. The average molecular weight is 514 g/mol. The van der Waals surface area contributed by atoms with Crippen LogP contribution in [0.2, 0.25) is 0 Å². The van der Waals surface area contributed by atoms with Crippen LogP contribution in [0.3, 0.4) is 0 Å². The summed E-state index contributed by atoms with van der Waals surface area (Å²) in [6.45, 7) is 1.80. The van der Waals surface area contributed by atoms with Crippen molar-refractivity contribution in [3.8, 4) is 11.1 Å². The zero-order valence-electron chi connectivity index (χ0n) is 21.3. The van der Waals surface area contributed by atoms with E-state index in [4.69, 9.17) is 17.3 Å². The highest BCUT2D eigenvalue weighted by molar-refractivity contribution is 6.01. The lowest BCUT2D eigenvalue weighted by atomic mass is 9.92. The van der Waals surface area contributed by atoms with Gasteiger partial charge < -0.3 is 22.2 Å². The Hall–Kier alpha value is -4.17. The fourth-order valence-corrected chi connectivity index (χ4v) is 5.44. The maximum Gasteiger partial charge on any atom is 0.240 e. The van der Waals surface area contributed by atoms with Gasteiger partial charge in [0.05, 0.1) is 24.2 Å². The van der Waals surface area contributed by atoms with Crippen molar-refractivity contribution in [2.45, 2.75) is 44.4 Å². The molecule has 3 aromatic carbocycles. The Morgan fingerprint density at radius 1 is 1.03 bits per heavy atom. The van der Waals surface area contributed by atoms with Crippen LogP contribution in [0, 0.1) is 0 Å². The summed E-state index contributed by atoms with van der Waals surface area (Å²) in [5.41, 5.74) is 18.0. The number of carbonyl (C=O) groups excluding carboxylic acids is 2. The molecule has 1 aromatic heterocycles. The molecule has 1 unspecified atom stereocenters. The first-order valence-electron chi connectivity index (χ1n) is 12.8. The van der Waals surface area contributed by atoms with Crippen LogP contribution >= 0.6 is 0 Å². The second-order valence-electron chi connectivity index (χ2n) is 10.0. The number of carbonyl (C=O) groups is 2. The number of halogens is 1. The van der Waals surface area contributed by atoms with Crippen LogP contribution in [0.4, 0.5) is 4.39 Å². The van der Waals surface area contributed by atoms with Gasteiger partial charge in [0, 0.05) is 23.4 Å². The lowest BCUT2D eigenvalue weighted by Crippen LogP contribution is -2.44. The average Bonchev–Trinajstić information content (AvgIpc) is 3.43. The largest absolute Gasteiger partial charge is 0.368 e. The Balaban J connectivity index is 1.57. The fraction of sp³-hybridized carbons (Fsp3) is 0.267. The van der Waals surface area contributed by atoms with Gasteiger partial charge in [-0.3, -0.25) is 14.3 Å². The minimum absolute atomic E-state index is 0.0374. The van der Waals surface area contributed by atoms with Crippen molar-refractivity contribution >= 4 is 22.7 Å². The summed E-state index contributed by atoms with van der Waals surface area (Å²) >= 11 is 0. The van der Waals surface area contributed by atoms with Gasteiger partial charge >= 0.3 is 0 Å². The molecule has 2 amide bonds. The maximum atomic E-state index is 14.2. The number of alkyl halides is 1. The first-order valence-corrected chi connectivity index (χ1v) is 12.8. The Labute approximate surface area is 221 Å². The number of para-hydroxylation sites is 1. The van der Waals surface area contributed by atoms with Crippen molar-refractivity contribution in [2.24, 2.45) is 11.5 Å². The summed E-state index contributed by atoms with van der Waals surface area (Å²) < 4.78 is 15.7. The van der Waals surface area contributed by atoms with Gasteiger partial charge in [-0.15, -0.1) is 0 Å². The third-order valence-corrected chi connectivity index (χ3v) is 7.42. The van der Waals surface area contributed by atoms with Gasteiger partial charge in [-0.05, 0) is 41.7 Å². The number of nitrogen functional groups attached to an aromatic ring is 1. The summed E-state index contributed by atoms with van der Waals surface area (Å²) in [5.74, 6) is 5.48. The molecule has 1 saturated heterocycles. The molecule has 3 atom stereocenters. The Morgan fingerprint density at radius 2 is 1.71 bits per heavy atom. The molecule has 6 N–H and O–H groups in total. The number of amides is 2. The molecular formula is C30H32FN5O2. The van der Waals surface area contributed by atoms with Crippen LogP contribution in [0.25, 0.3) is 22.0 Å². The van der Waals surface area contributed by atoms with E-state index < -0.39 is 18.1 Å². The molecule has 0 radical (unpaired) electrons. The van der Waals surface area contributed by atoms with Crippen molar-refractivity contribution in [3.63, 3.8) is 0 Å². The van der Waals surface area contributed by atoms with E-state index in [1.54, 1.807) is 0 Å². The summed E-state index contributed by atoms with van der Waals surface area (Å²) in [7, 11) is 0. The first-order chi connectivity index (χ1) is 18.2. The lowest BCUT2D eigenvalue weighted by Gasteiger charge is -2.22. The van der Waals surface area contributed by atoms with Crippen LogP contribution < -0.4 is 17.3 Å². The molecule has 1 fully saturated rings. The molecule has 1 aliphatic rings. The van der Waals surface area contributed by atoms with Gasteiger partial charge in [0.25, 0.3) is 0 Å². The standard InChI is InChI=1S/C30H32FN5O2/c1-18(32)20-12-10-19(11-13-20)14-21-6-2-3-7-23(21)29-24-8-4-5-9-25(24)36(34)26(29)16-28(37)35-17-22(31)15-27(35)30(33)38/h2-13,18,22,27H,14-17,32,34H2,1H3,(H2,33,38)/t18?,22-,27+/m1/s1. The number of hydrogen-bond donors (Lipinski definition) is 3. The van der Waals surface area contributed by atoms with Crippen molar-refractivity contribution < 1.29 is 14.0 Å². The predicted molar refractivity (Wildman–Crippen MR) is 147 cm³/mol. The van der Waals surface area contributed by atoms with Gasteiger partial charge in [-0.1, -0.05) is 66.7 Å². The van der Waals surface area contributed by atoms with Crippen LogP contribution in [0.1, 0.15) is 41.8 Å². The number of likely N-dealkylation sites (tertiary alicyclic amines) is 1. The van der Waals surface area contributed by atoms with Gasteiger partial charge in [0.15, 0.2) is 0 Å². The number of nitrogens with two attached hydrogens (primary N) is 3. The van der Waals surface area contributed by atoms with E-state index in [1.165, 1.54) is 9.58 Å². The normalized spacial score (nSPS) is 18.1. The monoisotopic (exact) mass is 513 g/mol. The van der Waals surface area contributed by atoms with Crippen molar-refractivity contribution in [1.29, 1.82) is 0 Å². The minimum atomic E-state index is -1.28. The molecule has 5 rings (SSSR count). The van der Waals surface area contributed by atoms with Crippen LogP contribution in [-0.2, 0) is 22.4 Å². The number of primary amides is 1. The number of aromatic nitrogens is 1. The summed E-state index contributed by atoms with van der Waals surface area (Å²) in [6.07, 6.45) is -0.779. The maximum absolute atomic E-state index is 14.2. The molecule has 0 spiro atoms. The zero-order valence-corrected chi connectivity index (χ0v) is 21.3. The minimum Gasteiger partial charge on any atom is -0.368 e. The third-order valence-electron chi connectivity index (χ3n) is 7.42. The topological polar surface area (TPSA) is 120 Å². The molecule has 4 aromatic rings. The van der Waals surface area contributed by atoms with Gasteiger partial charge in [-0.25, -0.2) is 4.39 Å². The van der Waals surface area contributed by atoms with E-state index >= 15 is 0 Å². The Kier molecular flexibility index (Phi) is 6.91. The van der Waals surface area contributed by atoms with Crippen molar-refractivity contribution in [2.75, 3.05) is 12.4 Å². The Morgan fingerprint density at radius 3 is 2.42 bits per heavy atom. The summed E-state index contributed by atoms with van der Waals surface area (Å²) in [4.78, 5) is 26.6. The molecule has 8 heteroatoms. The number of hydrogen-bond acceptors (Lipinski definition) is 4.